The van der Waals surface area contributed by atoms with E-state index in [1.54, 1.807) is 31.3 Å². The summed E-state index contributed by atoms with van der Waals surface area (Å²) in [6.45, 7) is 1.84. The molecule has 0 saturated heterocycles. The van der Waals surface area contributed by atoms with Crippen LogP contribution in [0.3, 0.4) is 0 Å². The molecule has 2 atom stereocenters. The van der Waals surface area contributed by atoms with Gasteiger partial charge in [-0.2, -0.15) is 0 Å². The van der Waals surface area contributed by atoms with Gasteiger partial charge in [0.05, 0.1) is 6.61 Å². The van der Waals surface area contributed by atoms with Gasteiger partial charge < -0.3 is 10.1 Å². The number of hydrogen-bond acceptors (Lipinski definition) is 4. The Morgan fingerprint density at radius 3 is 2.88 bits per heavy atom. The van der Waals surface area contributed by atoms with Gasteiger partial charge in [-0.3, -0.25) is 9.78 Å². The maximum atomic E-state index is 13.5. The monoisotopic (exact) mass is 340 g/mol. The third-order valence-electron chi connectivity index (χ3n) is 4.04. The van der Waals surface area contributed by atoms with Gasteiger partial charge in [-0.05, 0) is 31.9 Å². The number of carbonyl (C=O) groups is 2. The molecule has 1 amide bonds. The lowest BCUT2D eigenvalue weighted by atomic mass is 9.85. The van der Waals surface area contributed by atoms with Crippen LogP contribution < -0.4 is 5.32 Å². The van der Waals surface area contributed by atoms with Crippen molar-refractivity contribution in [1.29, 1.82) is 0 Å². The highest BCUT2D eigenvalue weighted by atomic mass is 19.3. The van der Waals surface area contributed by atoms with Gasteiger partial charge in [0.15, 0.2) is 0 Å². The average molecular weight is 340 g/mol. The first-order valence-electron chi connectivity index (χ1n) is 8.16. The van der Waals surface area contributed by atoms with E-state index in [0.29, 0.717) is 18.5 Å². The topological polar surface area (TPSA) is 68.3 Å². The molecule has 0 spiro atoms. The quantitative estimate of drug-likeness (QED) is 0.808. The minimum absolute atomic E-state index is 0.161. The van der Waals surface area contributed by atoms with Gasteiger partial charge in [-0.25, -0.2) is 13.6 Å². The first kappa shape index (κ1) is 18.3. The molecule has 1 aliphatic carbocycles. The minimum atomic E-state index is -2.82. The van der Waals surface area contributed by atoms with Crippen LogP contribution in [0.2, 0.25) is 0 Å². The van der Waals surface area contributed by atoms with Crippen molar-refractivity contribution >= 4 is 11.9 Å². The van der Waals surface area contributed by atoms with Crippen LogP contribution in [-0.2, 0) is 20.7 Å². The number of amides is 1. The van der Waals surface area contributed by atoms with Crippen LogP contribution in [0, 0.1) is 5.92 Å². The molecule has 1 heterocycles. The van der Waals surface area contributed by atoms with Crippen molar-refractivity contribution in [1.82, 2.24) is 10.3 Å². The van der Waals surface area contributed by atoms with Gasteiger partial charge in [-0.15, -0.1) is 0 Å². The lowest BCUT2D eigenvalue weighted by Gasteiger charge is -2.29. The highest BCUT2D eigenvalue weighted by molar-refractivity contribution is 5.86. The maximum Gasteiger partial charge on any atom is 0.329 e. The summed E-state index contributed by atoms with van der Waals surface area (Å²) in [5.74, 6) is -4.71. The molecule has 2 rings (SSSR count). The number of alkyl halides is 2. The number of rotatable bonds is 6. The number of nitrogens with zero attached hydrogens (tertiary/aromatic N) is 1. The molecule has 1 fully saturated rings. The fraction of sp³-hybridized carbons (Fsp3) is 0.588. The summed E-state index contributed by atoms with van der Waals surface area (Å²) in [5.41, 5.74) is 0.616. The smallest absolute Gasteiger partial charge is 0.329 e. The van der Waals surface area contributed by atoms with Crippen LogP contribution in [0.15, 0.2) is 24.4 Å². The normalized spacial score (nSPS) is 20.9. The Kier molecular flexibility index (Phi) is 6.23. The number of pyridine rings is 1. The molecule has 1 saturated carbocycles. The van der Waals surface area contributed by atoms with Crippen molar-refractivity contribution in [2.75, 3.05) is 6.61 Å². The SMILES string of the molecule is CCOC(=O)[C@@H](Cc1ccccn1)NC(=O)[C@H]1CCCC(F)(F)C1. The summed E-state index contributed by atoms with van der Waals surface area (Å²) in [6, 6.07) is 4.31. The Balaban J connectivity index is 2.04. The highest BCUT2D eigenvalue weighted by Gasteiger charge is 2.40. The zero-order valence-corrected chi connectivity index (χ0v) is 13.6. The third kappa shape index (κ3) is 5.25. The standard InChI is InChI=1S/C17H22F2N2O3/c1-2-24-16(23)14(10-13-7-3-4-9-20-13)21-15(22)12-6-5-8-17(18,19)11-12/h3-4,7,9,12,14H,2,5-6,8,10-11H2,1H3,(H,21,22)/t12-,14+/m0/s1. The average Bonchev–Trinajstić information content (AvgIpc) is 2.54. The van der Waals surface area contributed by atoms with Gasteiger partial charge in [0.25, 0.3) is 0 Å². The van der Waals surface area contributed by atoms with Crippen LogP contribution >= 0.6 is 0 Å². The van der Waals surface area contributed by atoms with Crippen LogP contribution in [0.5, 0.6) is 0 Å². The van der Waals surface area contributed by atoms with Crippen molar-refractivity contribution in [2.45, 2.75) is 51.0 Å². The van der Waals surface area contributed by atoms with Gasteiger partial charge in [0, 0.05) is 37.1 Å². The first-order valence-corrected chi connectivity index (χ1v) is 8.16. The Morgan fingerprint density at radius 1 is 1.46 bits per heavy atom. The molecule has 1 aromatic rings. The van der Waals surface area contributed by atoms with E-state index >= 15 is 0 Å². The highest BCUT2D eigenvalue weighted by Crippen LogP contribution is 2.36. The fourth-order valence-electron chi connectivity index (χ4n) is 2.85. The van der Waals surface area contributed by atoms with E-state index in [-0.39, 0.29) is 19.4 Å². The molecule has 0 aliphatic heterocycles. The van der Waals surface area contributed by atoms with Crippen LogP contribution in [0.25, 0.3) is 0 Å². The van der Waals surface area contributed by atoms with Crippen molar-refractivity contribution in [2.24, 2.45) is 5.92 Å². The third-order valence-corrected chi connectivity index (χ3v) is 4.04. The van der Waals surface area contributed by atoms with E-state index < -0.39 is 36.2 Å². The Hall–Kier alpha value is -2.05. The molecule has 132 valence electrons. The number of ether oxygens (including phenoxy) is 1. The van der Waals surface area contributed by atoms with Crippen LogP contribution in [0.4, 0.5) is 8.78 Å². The lowest BCUT2D eigenvalue weighted by Crippen LogP contribution is -2.47. The Labute approximate surface area is 139 Å². The zero-order chi connectivity index (χ0) is 17.6. The molecular formula is C17H22F2N2O3. The number of nitrogens with one attached hydrogen (secondary N) is 1. The van der Waals surface area contributed by atoms with E-state index in [9.17, 15) is 18.4 Å². The van der Waals surface area contributed by atoms with Crippen molar-refractivity contribution in [3.8, 4) is 0 Å². The molecule has 0 unspecified atom stereocenters. The molecule has 1 aliphatic rings. The maximum absolute atomic E-state index is 13.5. The van der Waals surface area contributed by atoms with Crippen LogP contribution in [0.1, 0.15) is 38.3 Å². The second-order valence-electron chi connectivity index (χ2n) is 5.99. The van der Waals surface area contributed by atoms with Crippen molar-refractivity contribution < 1.29 is 23.1 Å². The van der Waals surface area contributed by atoms with Crippen molar-refractivity contribution in [3.05, 3.63) is 30.1 Å². The van der Waals surface area contributed by atoms with Crippen LogP contribution in [-0.4, -0.2) is 35.4 Å². The van der Waals surface area contributed by atoms with Crippen molar-refractivity contribution in [3.63, 3.8) is 0 Å². The predicted molar refractivity (Wildman–Crippen MR) is 83.4 cm³/mol. The molecule has 24 heavy (non-hydrogen) atoms. The summed E-state index contributed by atoms with van der Waals surface area (Å²) in [5, 5.41) is 2.57. The molecule has 5 nitrogen and oxygen atoms in total. The molecule has 0 aromatic carbocycles. The Bertz CT molecular complexity index is 566. The summed E-state index contributed by atoms with van der Waals surface area (Å²) < 4.78 is 32.0. The molecule has 0 bridgehead atoms. The summed E-state index contributed by atoms with van der Waals surface area (Å²) in [7, 11) is 0. The summed E-state index contributed by atoms with van der Waals surface area (Å²) in [6.07, 6.45) is 1.79. The Morgan fingerprint density at radius 2 is 2.25 bits per heavy atom. The number of carbonyl (C=O) groups excluding carboxylic acids is 2. The van der Waals surface area contributed by atoms with Gasteiger partial charge >= 0.3 is 5.97 Å². The van der Waals surface area contributed by atoms with E-state index in [4.69, 9.17) is 4.74 Å². The largest absolute Gasteiger partial charge is 0.464 e. The molecule has 1 N–H and O–H groups in total. The zero-order valence-electron chi connectivity index (χ0n) is 13.6. The minimum Gasteiger partial charge on any atom is -0.464 e. The first-order chi connectivity index (χ1) is 11.4. The fourth-order valence-corrected chi connectivity index (χ4v) is 2.85. The lowest BCUT2D eigenvalue weighted by molar-refractivity contribution is -0.148. The molecule has 0 radical (unpaired) electrons. The van der Waals surface area contributed by atoms with Gasteiger partial charge in [-0.1, -0.05) is 6.07 Å². The van der Waals surface area contributed by atoms with Gasteiger partial charge in [0.1, 0.15) is 6.04 Å². The molecule has 1 aromatic heterocycles. The number of halogens is 2. The molecular weight excluding hydrogens is 318 g/mol. The van der Waals surface area contributed by atoms with E-state index in [1.165, 1.54) is 0 Å². The molecule has 7 heteroatoms. The summed E-state index contributed by atoms with van der Waals surface area (Å²) in [4.78, 5) is 28.5. The van der Waals surface area contributed by atoms with E-state index in [2.05, 4.69) is 10.3 Å². The number of esters is 1. The summed E-state index contributed by atoms with van der Waals surface area (Å²) >= 11 is 0. The second kappa shape index (κ2) is 8.17. The second-order valence-corrected chi connectivity index (χ2v) is 5.99. The number of aromatic nitrogens is 1. The van der Waals surface area contributed by atoms with Gasteiger partial charge in [0.2, 0.25) is 11.8 Å². The number of hydrogen-bond donors (Lipinski definition) is 1. The van der Waals surface area contributed by atoms with E-state index in [0.717, 1.165) is 0 Å². The van der Waals surface area contributed by atoms with E-state index in [1.807, 2.05) is 0 Å². The predicted octanol–water partition coefficient (Wildman–Crippen LogP) is 2.50.